The fourth-order valence-electron chi connectivity index (χ4n) is 2.11. The second-order valence-corrected chi connectivity index (χ2v) is 6.98. The summed E-state index contributed by atoms with van der Waals surface area (Å²) in [5, 5.41) is 11.5. The summed E-state index contributed by atoms with van der Waals surface area (Å²) in [5.41, 5.74) is 0. The van der Waals surface area contributed by atoms with Gasteiger partial charge in [-0.25, -0.2) is 13.2 Å². The number of sulfone groups is 1. The monoisotopic (exact) mass is 292 g/mol. The highest BCUT2D eigenvalue weighted by atomic mass is 32.2. The number of amides is 2. The van der Waals surface area contributed by atoms with E-state index < -0.39 is 33.8 Å². The van der Waals surface area contributed by atoms with E-state index in [0.717, 1.165) is 0 Å². The Kier molecular flexibility index (Phi) is 3.95. The number of carbonyl (C=O) groups is 2. The maximum Gasteiger partial charge on any atom is 0.317 e. The number of rotatable bonds is 2. The summed E-state index contributed by atoms with van der Waals surface area (Å²) in [6.07, 6.45) is 0. The van der Waals surface area contributed by atoms with Crippen LogP contribution in [0.3, 0.4) is 0 Å². The van der Waals surface area contributed by atoms with Crippen molar-refractivity contribution in [3.05, 3.63) is 0 Å². The first kappa shape index (κ1) is 14.1. The molecule has 0 aromatic carbocycles. The summed E-state index contributed by atoms with van der Waals surface area (Å²) in [6.45, 7) is 0.516. The van der Waals surface area contributed by atoms with Crippen molar-refractivity contribution in [2.75, 3.05) is 37.8 Å². The molecule has 2 heterocycles. The molecule has 2 aliphatic rings. The first-order valence-corrected chi connectivity index (χ1v) is 7.77. The smallest absolute Gasteiger partial charge is 0.317 e. The van der Waals surface area contributed by atoms with Crippen LogP contribution in [0.4, 0.5) is 4.79 Å². The molecule has 2 saturated heterocycles. The van der Waals surface area contributed by atoms with Crippen molar-refractivity contribution in [2.45, 2.75) is 6.04 Å². The van der Waals surface area contributed by atoms with Gasteiger partial charge in [0.05, 0.1) is 30.8 Å². The molecule has 0 aromatic heterocycles. The van der Waals surface area contributed by atoms with Crippen LogP contribution >= 0.6 is 0 Å². The van der Waals surface area contributed by atoms with E-state index in [2.05, 4.69) is 5.32 Å². The van der Waals surface area contributed by atoms with Crippen LogP contribution in [0.5, 0.6) is 0 Å². The Hall–Kier alpha value is -1.35. The van der Waals surface area contributed by atoms with Gasteiger partial charge in [0.15, 0.2) is 9.84 Å². The third kappa shape index (κ3) is 3.35. The summed E-state index contributed by atoms with van der Waals surface area (Å²) in [4.78, 5) is 24.2. The average molecular weight is 292 g/mol. The van der Waals surface area contributed by atoms with E-state index in [1.165, 1.54) is 4.90 Å². The van der Waals surface area contributed by atoms with E-state index in [-0.39, 0.29) is 37.8 Å². The number of carbonyl (C=O) groups excluding carboxylic acids is 1. The minimum Gasteiger partial charge on any atom is -0.481 e. The van der Waals surface area contributed by atoms with Gasteiger partial charge in [-0.3, -0.25) is 4.79 Å². The molecule has 8 nitrogen and oxygen atoms in total. The molecule has 2 rings (SSSR count). The van der Waals surface area contributed by atoms with Crippen LogP contribution in [-0.2, 0) is 19.4 Å². The molecule has 0 radical (unpaired) electrons. The summed E-state index contributed by atoms with van der Waals surface area (Å²) < 4.78 is 27.5. The van der Waals surface area contributed by atoms with Gasteiger partial charge < -0.3 is 20.1 Å². The molecular formula is C10H16N2O6S. The number of carboxylic acid groups (broad SMARTS) is 1. The molecule has 19 heavy (non-hydrogen) atoms. The molecule has 2 fully saturated rings. The zero-order valence-corrected chi connectivity index (χ0v) is 11.1. The molecular weight excluding hydrogens is 276 g/mol. The number of urea groups is 1. The van der Waals surface area contributed by atoms with Crippen LogP contribution in [0.25, 0.3) is 0 Å². The van der Waals surface area contributed by atoms with Crippen molar-refractivity contribution in [3.8, 4) is 0 Å². The predicted octanol–water partition coefficient (Wildman–Crippen LogP) is -1.47. The van der Waals surface area contributed by atoms with Gasteiger partial charge in [0.2, 0.25) is 0 Å². The minimum absolute atomic E-state index is 0.0516. The summed E-state index contributed by atoms with van der Waals surface area (Å²) in [6, 6.07) is -1.000. The summed E-state index contributed by atoms with van der Waals surface area (Å²) >= 11 is 0. The Morgan fingerprint density at radius 3 is 2.42 bits per heavy atom. The van der Waals surface area contributed by atoms with Gasteiger partial charge in [0, 0.05) is 13.1 Å². The number of ether oxygens (including phenoxy) is 1. The van der Waals surface area contributed by atoms with Crippen molar-refractivity contribution in [1.29, 1.82) is 0 Å². The molecule has 108 valence electrons. The molecule has 9 heteroatoms. The molecule has 2 atom stereocenters. The standard InChI is InChI=1S/C10H16N2O6S/c13-9(14)7-5-18-6-8(7)11-10(15)12-1-3-19(16,17)4-2-12/h7-8H,1-6H2,(H,11,15)(H,13,14). The van der Waals surface area contributed by atoms with Crippen molar-refractivity contribution in [1.82, 2.24) is 10.2 Å². The van der Waals surface area contributed by atoms with Crippen LogP contribution in [0.15, 0.2) is 0 Å². The van der Waals surface area contributed by atoms with Crippen LogP contribution in [-0.4, -0.2) is 74.3 Å². The van der Waals surface area contributed by atoms with Crippen molar-refractivity contribution >= 4 is 21.8 Å². The van der Waals surface area contributed by atoms with Gasteiger partial charge >= 0.3 is 12.0 Å². The lowest BCUT2D eigenvalue weighted by Gasteiger charge is -2.28. The second kappa shape index (κ2) is 5.33. The highest BCUT2D eigenvalue weighted by molar-refractivity contribution is 7.91. The highest BCUT2D eigenvalue weighted by Gasteiger charge is 2.36. The summed E-state index contributed by atoms with van der Waals surface area (Å²) in [7, 11) is -3.04. The highest BCUT2D eigenvalue weighted by Crippen LogP contribution is 2.14. The Morgan fingerprint density at radius 1 is 1.21 bits per heavy atom. The largest absolute Gasteiger partial charge is 0.481 e. The van der Waals surface area contributed by atoms with Crippen LogP contribution < -0.4 is 5.32 Å². The van der Waals surface area contributed by atoms with E-state index >= 15 is 0 Å². The summed E-state index contributed by atoms with van der Waals surface area (Å²) in [5.74, 6) is -1.87. The minimum atomic E-state index is -3.04. The van der Waals surface area contributed by atoms with Gasteiger partial charge in [-0.05, 0) is 0 Å². The van der Waals surface area contributed by atoms with Crippen molar-refractivity contribution in [2.24, 2.45) is 5.92 Å². The lowest BCUT2D eigenvalue weighted by molar-refractivity contribution is -0.142. The second-order valence-electron chi connectivity index (χ2n) is 4.68. The van der Waals surface area contributed by atoms with Crippen LogP contribution in [0.1, 0.15) is 0 Å². The van der Waals surface area contributed by atoms with Crippen LogP contribution in [0, 0.1) is 5.92 Å². The predicted molar refractivity (Wildman–Crippen MR) is 64.5 cm³/mol. The van der Waals surface area contributed by atoms with E-state index in [1.807, 2.05) is 0 Å². The molecule has 2 aliphatic heterocycles. The molecule has 2 amide bonds. The number of hydrogen-bond donors (Lipinski definition) is 2. The molecule has 0 spiro atoms. The fraction of sp³-hybridized carbons (Fsp3) is 0.800. The Morgan fingerprint density at radius 2 is 1.84 bits per heavy atom. The Labute approximate surface area is 110 Å². The maximum atomic E-state index is 11.9. The third-order valence-electron chi connectivity index (χ3n) is 3.34. The van der Waals surface area contributed by atoms with Gasteiger partial charge in [-0.15, -0.1) is 0 Å². The number of aliphatic carboxylic acids is 1. The Balaban J connectivity index is 1.89. The zero-order chi connectivity index (χ0) is 14.0. The normalized spacial score (nSPS) is 30.0. The van der Waals surface area contributed by atoms with Crippen LogP contribution in [0.2, 0.25) is 0 Å². The van der Waals surface area contributed by atoms with E-state index in [0.29, 0.717) is 0 Å². The Bertz CT molecular complexity index is 462. The number of nitrogens with one attached hydrogen (secondary N) is 1. The molecule has 0 saturated carbocycles. The lowest BCUT2D eigenvalue weighted by Crippen LogP contribution is -2.52. The van der Waals surface area contributed by atoms with Gasteiger partial charge in [0.25, 0.3) is 0 Å². The quantitative estimate of drug-likeness (QED) is 0.642. The van der Waals surface area contributed by atoms with E-state index in [9.17, 15) is 18.0 Å². The molecule has 0 aliphatic carbocycles. The molecule has 2 unspecified atom stereocenters. The molecule has 0 aromatic rings. The zero-order valence-electron chi connectivity index (χ0n) is 10.2. The van der Waals surface area contributed by atoms with E-state index in [1.54, 1.807) is 0 Å². The van der Waals surface area contributed by atoms with Gasteiger partial charge in [-0.1, -0.05) is 0 Å². The van der Waals surface area contributed by atoms with Crippen molar-refractivity contribution in [3.63, 3.8) is 0 Å². The van der Waals surface area contributed by atoms with Gasteiger partial charge in [-0.2, -0.15) is 0 Å². The number of nitrogens with zero attached hydrogens (tertiary/aromatic N) is 1. The lowest BCUT2D eigenvalue weighted by atomic mass is 10.0. The third-order valence-corrected chi connectivity index (χ3v) is 4.95. The average Bonchev–Trinajstić information content (AvgIpc) is 2.77. The first-order chi connectivity index (χ1) is 8.89. The SMILES string of the molecule is O=C(O)C1COCC1NC(=O)N1CCS(=O)(=O)CC1. The van der Waals surface area contributed by atoms with Crippen molar-refractivity contribution < 1.29 is 27.9 Å². The molecule has 2 N–H and O–H groups in total. The number of hydrogen-bond acceptors (Lipinski definition) is 5. The fourth-order valence-corrected chi connectivity index (χ4v) is 3.31. The number of carboxylic acids is 1. The maximum absolute atomic E-state index is 11.9. The topological polar surface area (TPSA) is 113 Å². The molecule has 0 bridgehead atoms. The first-order valence-electron chi connectivity index (χ1n) is 5.95. The van der Waals surface area contributed by atoms with Gasteiger partial charge in [0.1, 0.15) is 5.92 Å². The van der Waals surface area contributed by atoms with E-state index in [4.69, 9.17) is 9.84 Å².